The quantitative estimate of drug-likeness (QED) is 0.778. The molecule has 5 rings (SSSR count). The number of aromatic nitrogens is 1. The predicted octanol–water partition coefficient (Wildman–Crippen LogP) is 3.64. The monoisotopic (exact) mass is 334 g/mol. The van der Waals surface area contributed by atoms with Crippen LogP contribution in [-0.4, -0.2) is 35.7 Å². The molecule has 3 heterocycles. The standard InChI is InChI=1S/C20H18N2O3/c1-24-14-8-6-12(7-9-14)19-18-16(10-13-11-25-20(23)22(13)19)15-4-2-3-5-17(15)21-18/h2-9,13,19,21H,10-11H2,1H3. The van der Waals surface area contributed by atoms with E-state index in [0.717, 1.165) is 28.9 Å². The molecule has 2 aromatic carbocycles. The maximum absolute atomic E-state index is 12.4. The van der Waals surface area contributed by atoms with Gasteiger partial charge in [-0.05, 0) is 35.7 Å². The Hall–Kier alpha value is -2.95. The molecule has 2 unspecified atom stereocenters. The van der Waals surface area contributed by atoms with Crippen LogP contribution in [0.5, 0.6) is 5.75 Å². The fourth-order valence-electron chi connectivity index (χ4n) is 4.11. The second-order valence-electron chi connectivity index (χ2n) is 6.58. The molecule has 126 valence electrons. The van der Waals surface area contributed by atoms with Crippen molar-refractivity contribution in [1.29, 1.82) is 0 Å². The van der Waals surface area contributed by atoms with E-state index >= 15 is 0 Å². The molecular formula is C20H18N2O3. The fraction of sp³-hybridized carbons (Fsp3) is 0.250. The summed E-state index contributed by atoms with van der Waals surface area (Å²) in [4.78, 5) is 17.8. The van der Waals surface area contributed by atoms with Crippen molar-refractivity contribution >= 4 is 17.0 Å². The van der Waals surface area contributed by atoms with Crippen LogP contribution in [0.15, 0.2) is 48.5 Å². The number of ether oxygens (including phenoxy) is 2. The summed E-state index contributed by atoms with van der Waals surface area (Å²) < 4.78 is 10.6. The molecule has 25 heavy (non-hydrogen) atoms. The number of para-hydroxylation sites is 1. The molecule has 0 spiro atoms. The Bertz CT molecular complexity index is 961. The highest BCUT2D eigenvalue weighted by Gasteiger charge is 2.45. The van der Waals surface area contributed by atoms with E-state index in [1.807, 2.05) is 35.2 Å². The number of aromatic amines is 1. The lowest BCUT2D eigenvalue weighted by molar-refractivity contribution is 0.147. The summed E-state index contributed by atoms with van der Waals surface area (Å²) in [5.41, 5.74) is 4.54. The van der Waals surface area contributed by atoms with E-state index in [-0.39, 0.29) is 18.2 Å². The van der Waals surface area contributed by atoms with Gasteiger partial charge in [0.25, 0.3) is 0 Å². The molecule has 1 aromatic heterocycles. The molecule has 1 fully saturated rings. The molecule has 1 N–H and O–H groups in total. The molecule has 2 aliphatic rings. The van der Waals surface area contributed by atoms with E-state index in [9.17, 15) is 4.79 Å². The van der Waals surface area contributed by atoms with Gasteiger partial charge in [-0.15, -0.1) is 0 Å². The van der Waals surface area contributed by atoms with Crippen LogP contribution in [0.4, 0.5) is 4.79 Å². The van der Waals surface area contributed by atoms with Gasteiger partial charge in [0, 0.05) is 16.6 Å². The highest BCUT2D eigenvalue weighted by molar-refractivity contribution is 5.86. The highest BCUT2D eigenvalue weighted by atomic mass is 16.6. The van der Waals surface area contributed by atoms with Gasteiger partial charge in [-0.25, -0.2) is 4.79 Å². The third-order valence-electron chi connectivity index (χ3n) is 5.27. The van der Waals surface area contributed by atoms with E-state index in [0.29, 0.717) is 6.61 Å². The molecule has 0 aliphatic carbocycles. The topological polar surface area (TPSA) is 54.6 Å². The van der Waals surface area contributed by atoms with Gasteiger partial charge in [0.15, 0.2) is 0 Å². The first-order valence-electron chi connectivity index (χ1n) is 8.45. The maximum Gasteiger partial charge on any atom is 0.411 e. The highest BCUT2D eigenvalue weighted by Crippen LogP contribution is 2.43. The van der Waals surface area contributed by atoms with Crippen molar-refractivity contribution in [3.63, 3.8) is 0 Å². The third-order valence-corrected chi connectivity index (χ3v) is 5.27. The number of carbonyl (C=O) groups is 1. The summed E-state index contributed by atoms with van der Waals surface area (Å²) in [7, 11) is 1.65. The minimum Gasteiger partial charge on any atom is -0.497 e. The van der Waals surface area contributed by atoms with Crippen LogP contribution in [0.3, 0.4) is 0 Å². The minimum absolute atomic E-state index is 0.0753. The lowest BCUT2D eigenvalue weighted by Gasteiger charge is -2.35. The van der Waals surface area contributed by atoms with Crippen LogP contribution in [0.1, 0.15) is 22.9 Å². The number of H-pyrrole nitrogens is 1. The van der Waals surface area contributed by atoms with Gasteiger partial charge in [0.1, 0.15) is 18.4 Å². The van der Waals surface area contributed by atoms with Crippen molar-refractivity contribution in [2.24, 2.45) is 0 Å². The average molecular weight is 334 g/mol. The molecule has 5 nitrogen and oxygen atoms in total. The molecule has 5 heteroatoms. The summed E-state index contributed by atoms with van der Waals surface area (Å²) in [5, 5.41) is 1.23. The zero-order chi connectivity index (χ0) is 17.0. The SMILES string of the molecule is COc1ccc(C2c3[nH]c4ccccc4c3CC3COC(=O)N32)cc1. The van der Waals surface area contributed by atoms with Crippen molar-refractivity contribution in [3.8, 4) is 5.75 Å². The molecule has 1 saturated heterocycles. The third kappa shape index (κ3) is 2.05. The van der Waals surface area contributed by atoms with Crippen molar-refractivity contribution in [2.45, 2.75) is 18.5 Å². The summed E-state index contributed by atoms with van der Waals surface area (Å²) in [6.07, 6.45) is 0.577. The minimum atomic E-state index is -0.241. The molecule has 2 aliphatic heterocycles. The molecule has 3 aromatic rings. The Labute approximate surface area is 145 Å². The zero-order valence-electron chi connectivity index (χ0n) is 13.9. The van der Waals surface area contributed by atoms with E-state index in [2.05, 4.69) is 23.2 Å². The molecule has 1 amide bonds. The van der Waals surface area contributed by atoms with E-state index in [4.69, 9.17) is 9.47 Å². The number of amides is 1. The molecular weight excluding hydrogens is 316 g/mol. The fourth-order valence-corrected chi connectivity index (χ4v) is 4.11. The predicted molar refractivity (Wildman–Crippen MR) is 93.8 cm³/mol. The second kappa shape index (κ2) is 5.28. The number of benzene rings is 2. The normalized spacial score (nSPS) is 21.8. The Balaban J connectivity index is 1.72. The lowest BCUT2D eigenvalue weighted by atomic mass is 9.89. The number of hydrogen-bond donors (Lipinski definition) is 1. The van der Waals surface area contributed by atoms with Crippen molar-refractivity contribution in [3.05, 3.63) is 65.4 Å². The van der Waals surface area contributed by atoms with Gasteiger partial charge in [-0.2, -0.15) is 0 Å². The summed E-state index contributed by atoms with van der Waals surface area (Å²) in [5.74, 6) is 0.803. The Morgan fingerprint density at radius 3 is 2.76 bits per heavy atom. The Morgan fingerprint density at radius 1 is 1.16 bits per heavy atom. The summed E-state index contributed by atoms with van der Waals surface area (Å²) in [6.45, 7) is 0.449. The number of carbonyl (C=O) groups excluding carboxylic acids is 1. The van der Waals surface area contributed by atoms with Gasteiger partial charge in [0.05, 0.1) is 13.2 Å². The van der Waals surface area contributed by atoms with Gasteiger partial charge >= 0.3 is 6.09 Å². The average Bonchev–Trinajstić information content (AvgIpc) is 3.21. The molecule has 2 atom stereocenters. The summed E-state index contributed by atoms with van der Waals surface area (Å²) in [6, 6.07) is 16.1. The number of hydrogen-bond acceptors (Lipinski definition) is 3. The van der Waals surface area contributed by atoms with Gasteiger partial charge < -0.3 is 14.5 Å². The number of methoxy groups -OCH3 is 1. The number of nitrogens with one attached hydrogen (secondary N) is 1. The number of cyclic esters (lactones) is 1. The first kappa shape index (κ1) is 14.4. The number of rotatable bonds is 2. The largest absolute Gasteiger partial charge is 0.497 e. The van der Waals surface area contributed by atoms with Crippen LogP contribution in [0, 0.1) is 0 Å². The number of nitrogens with zero attached hydrogens (tertiary/aromatic N) is 1. The van der Waals surface area contributed by atoms with Crippen LogP contribution in [-0.2, 0) is 11.2 Å². The van der Waals surface area contributed by atoms with E-state index < -0.39 is 0 Å². The van der Waals surface area contributed by atoms with Crippen molar-refractivity contribution in [2.75, 3.05) is 13.7 Å². The lowest BCUT2D eigenvalue weighted by Crippen LogP contribution is -2.42. The van der Waals surface area contributed by atoms with Crippen LogP contribution in [0.2, 0.25) is 0 Å². The van der Waals surface area contributed by atoms with Gasteiger partial charge in [-0.3, -0.25) is 4.90 Å². The number of fused-ring (bicyclic) bond motifs is 4. The summed E-state index contributed by atoms with van der Waals surface area (Å²) >= 11 is 0. The van der Waals surface area contributed by atoms with Gasteiger partial charge in [0.2, 0.25) is 0 Å². The molecule has 0 radical (unpaired) electrons. The zero-order valence-corrected chi connectivity index (χ0v) is 13.9. The second-order valence-corrected chi connectivity index (χ2v) is 6.58. The van der Waals surface area contributed by atoms with Crippen molar-refractivity contribution < 1.29 is 14.3 Å². The van der Waals surface area contributed by atoms with Crippen LogP contribution < -0.4 is 4.74 Å². The van der Waals surface area contributed by atoms with Crippen molar-refractivity contribution in [1.82, 2.24) is 9.88 Å². The Morgan fingerprint density at radius 2 is 1.96 bits per heavy atom. The first-order chi connectivity index (χ1) is 12.3. The Kier molecular flexibility index (Phi) is 3.04. The first-order valence-corrected chi connectivity index (χ1v) is 8.45. The smallest absolute Gasteiger partial charge is 0.411 e. The molecule has 0 saturated carbocycles. The maximum atomic E-state index is 12.4. The van der Waals surface area contributed by atoms with E-state index in [1.54, 1.807) is 7.11 Å². The van der Waals surface area contributed by atoms with E-state index in [1.165, 1.54) is 10.9 Å². The van der Waals surface area contributed by atoms with Crippen LogP contribution >= 0.6 is 0 Å². The van der Waals surface area contributed by atoms with Crippen LogP contribution in [0.25, 0.3) is 10.9 Å². The van der Waals surface area contributed by atoms with Gasteiger partial charge in [-0.1, -0.05) is 30.3 Å². The molecule has 0 bridgehead atoms.